The smallest absolute Gasteiger partial charge is 0.322 e. The first-order chi connectivity index (χ1) is 7.13. The molecule has 1 rings (SSSR count). The Morgan fingerprint density at radius 2 is 2.07 bits per heavy atom. The zero-order chi connectivity index (χ0) is 11.3. The van der Waals surface area contributed by atoms with Crippen molar-refractivity contribution >= 4 is 5.97 Å². The van der Waals surface area contributed by atoms with Crippen LogP contribution in [-0.4, -0.2) is 19.1 Å². The lowest BCUT2D eigenvalue weighted by Crippen LogP contribution is -2.34. The van der Waals surface area contributed by atoms with E-state index < -0.39 is 0 Å². The first-order valence-electron chi connectivity index (χ1n) is 4.69. The van der Waals surface area contributed by atoms with Gasteiger partial charge in [-0.25, -0.2) is 4.39 Å². The molecule has 0 fully saturated rings. The average molecular weight is 211 g/mol. The summed E-state index contributed by atoms with van der Waals surface area (Å²) in [7, 11) is 1.35. The fraction of sp³-hybridized carbons (Fsp3) is 0.364. The van der Waals surface area contributed by atoms with E-state index in [2.05, 4.69) is 10.1 Å². The SMILES string of the molecule is COC(=O)[C@@H](C)NCc1ccc(F)cc1. The van der Waals surface area contributed by atoms with Gasteiger partial charge in [0.25, 0.3) is 0 Å². The lowest BCUT2D eigenvalue weighted by molar-refractivity contribution is -0.142. The number of esters is 1. The number of hydrogen-bond donors (Lipinski definition) is 1. The standard InChI is InChI=1S/C11H14FNO2/c1-8(11(14)15-2)13-7-9-3-5-10(12)6-4-9/h3-6,8,13H,7H2,1-2H3/t8-/m1/s1. The van der Waals surface area contributed by atoms with Gasteiger partial charge in [0, 0.05) is 6.54 Å². The molecule has 1 N–H and O–H groups in total. The summed E-state index contributed by atoms with van der Waals surface area (Å²) in [5.74, 6) is -0.572. The average Bonchev–Trinajstić information content (AvgIpc) is 2.26. The van der Waals surface area contributed by atoms with E-state index in [1.165, 1.54) is 19.2 Å². The molecule has 4 heteroatoms. The number of ether oxygens (including phenoxy) is 1. The minimum Gasteiger partial charge on any atom is -0.468 e. The van der Waals surface area contributed by atoms with Gasteiger partial charge < -0.3 is 10.1 Å². The van der Waals surface area contributed by atoms with Crippen LogP contribution in [0.4, 0.5) is 4.39 Å². The van der Waals surface area contributed by atoms with Crippen LogP contribution in [0.5, 0.6) is 0 Å². The number of carbonyl (C=O) groups is 1. The van der Waals surface area contributed by atoms with E-state index >= 15 is 0 Å². The summed E-state index contributed by atoms with van der Waals surface area (Å²) in [6.07, 6.45) is 0. The van der Waals surface area contributed by atoms with E-state index in [1.54, 1.807) is 19.1 Å². The van der Waals surface area contributed by atoms with Crippen molar-refractivity contribution in [3.05, 3.63) is 35.6 Å². The van der Waals surface area contributed by atoms with Gasteiger partial charge in [0.15, 0.2) is 0 Å². The normalized spacial score (nSPS) is 12.2. The molecule has 0 spiro atoms. The molecule has 0 unspecified atom stereocenters. The lowest BCUT2D eigenvalue weighted by atomic mass is 10.2. The fourth-order valence-corrected chi connectivity index (χ4v) is 1.13. The Hall–Kier alpha value is -1.42. The maximum atomic E-state index is 12.6. The molecule has 0 aliphatic heterocycles. The Morgan fingerprint density at radius 3 is 2.60 bits per heavy atom. The van der Waals surface area contributed by atoms with Crippen molar-refractivity contribution in [1.29, 1.82) is 0 Å². The Balaban J connectivity index is 2.43. The summed E-state index contributed by atoms with van der Waals surface area (Å²) in [6, 6.07) is 5.76. The minimum absolute atomic E-state index is 0.264. The quantitative estimate of drug-likeness (QED) is 0.766. The molecule has 15 heavy (non-hydrogen) atoms. The number of halogens is 1. The fourth-order valence-electron chi connectivity index (χ4n) is 1.13. The highest BCUT2D eigenvalue weighted by atomic mass is 19.1. The first kappa shape index (κ1) is 11.7. The van der Waals surface area contributed by atoms with Gasteiger partial charge in [0.05, 0.1) is 7.11 Å². The van der Waals surface area contributed by atoms with Crippen LogP contribution in [0.25, 0.3) is 0 Å². The van der Waals surface area contributed by atoms with Gasteiger partial charge in [-0.3, -0.25) is 4.79 Å². The lowest BCUT2D eigenvalue weighted by Gasteiger charge is -2.11. The van der Waals surface area contributed by atoms with Crippen LogP contribution in [0, 0.1) is 5.82 Å². The van der Waals surface area contributed by atoms with E-state index in [9.17, 15) is 9.18 Å². The predicted octanol–water partition coefficient (Wildman–Crippen LogP) is 1.48. The molecular weight excluding hydrogens is 197 g/mol. The minimum atomic E-state index is -0.361. The molecule has 82 valence electrons. The number of hydrogen-bond acceptors (Lipinski definition) is 3. The van der Waals surface area contributed by atoms with Gasteiger partial charge in [-0.15, -0.1) is 0 Å². The maximum absolute atomic E-state index is 12.6. The number of benzene rings is 1. The van der Waals surface area contributed by atoms with Crippen molar-refractivity contribution in [2.24, 2.45) is 0 Å². The highest BCUT2D eigenvalue weighted by Crippen LogP contribution is 2.02. The molecule has 0 aliphatic rings. The summed E-state index contributed by atoms with van der Waals surface area (Å²) < 4.78 is 17.1. The zero-order valence-electron chi connectivity index (χ0n) is 8.79. The van der Waals surface area contributed by atoms with E-state index in [1.807, 2.05) is 0 Å². The molecule has 1 aromatic carbocycles. The van der Waals surface area contributed by atoms with Crippen molar-refractivity contribution in [2.75, 3.05) is 7.11 Å². The Labute approximate surface area is 88.2 Å². The summed E-state index contributed by atoms with van der Waals surface area (Å²) >= 11 is 0. The Bertz CT molecular complexity index is 324. The van der Waals surface area contributed by atoms with E-state index in [0.717, 1.165) is 5.56 Å². The van der Waals surface area contributed by atoms with Gasteiger partial charge >= 0.3 is 5.97 Å². The van der Waals surface area contributed by atoms with Crippen molar-refractivity contribution in [3.63, 3.8) is 0 Å². The molecule has 1 aromatic rings. The van der Waals surface area contributed by atoms with Crippen molar-refractivity contribution in [2.45, 2.75) is 19.5 Å². The maximum Gasteiger partial charge on any atom is 0.322 e. The second-order valence-electron chi connectivity index (χ2n) is 3.25. The number of methoxy groups -OCH3 is 1. The highest BCUT2D eigenvalue weighted by Gasteiger charge is 2.11. The number of rotatable bonds is 4. The monoisotopic (exact) mass is 211 g/mol. The van der Waals surface area contributed by atoms with E-state index in [-0.39, 0.29) is 17.8 Å². The van der Waals surface area contributed by atoms with Gasteiger partial charge in [0.2, 0.25) is 0 Å². The topological polar surface area (TPSA) is 38.3 Å². The molecule has 1 atom stereocenters. The largest absolute Gasteiger partial charge is 0.468 e. The molecule has 3 nitrogen and oxygen atoms in total. The molecule has 0 bridgehead atoms. The van der Waals surface area contributed by atoms with E-state index in [4.69, 9.17) is 0 Å². The second kappa shape index (κ2) is 5.46. The van der Waals surface area contributed by atoms with Crippen LogP contribution in [0.15, 0.2) is 24.3 Å². The van der Waals surface area contributed by atoms with Gasteiger partial charge in [-0.1, -0.05) is 12.1 Å². The molecule has 0 saturated heterocycles. The van der Waals surface area contributed by atoms with Crippen LogP contribution in [-0.2, 0) is 16.1 Å². The van der Waals surface area contributed by atoms with Crippen LogP contribution < -0.4 is 5.32 Å². The third kappa shape index (κ3) is 3.67. The van der Waals surface area contributed by atoms with Crippen LogP contribution in [0.3, 0.4) is 0 Å². The Kier molecular flexibility index (Phi) is 4.24. The van der Waals surface area contributed by atoms with Crippen LogP contribution in [0.2, 0.25) is 0 Å². The van der Waals surface area contributed by atoms with Gasteiger partial charge in [0.1, 0.15) is 11.9 Å². The molecule has 0 amide bonds. The van der Waals surface area contributed by atoms with Gasteiger partial charge in [-0.2, -0.15) is 0 Å². The summed E-state index contributed by atoms with van der Waals surface area (Å²) in [5.41, 5.74) is 0.923. The van der Waals surface area contributed by atoms with Crippen molar-refractivity contribution in [1.82, 2.24) is 5.32 Å². The molecule has 0 saturated carbocycles. The summed E-state index contributed by atoms with van der Waals surface area (Å²) in [6.45, 7) is 2.23. The molecule has 0 aromatic heterocycles. The van der Waals surface area contributed by atoms with Crippen LogP contribution in [0.1, 0.15) is 12.5 Å². The summed E-state index contributed by atoms with van der Waals surface area (Å²) in [5, 5.41) is 2.97. The van der Waals surface area contributed by atoms with Crippen molar-refractivity contribution < 1.29 is 13.9 Å². The molecule has 0 radical (unpaired) electrons. The van der Waals surface area contributed by atoms with Crippen molar-refractivity contribution in [3.8, 4) is 0 Å². The number of nitrogens with one attached hydrogen (secondary N) is 1. The third-order valence-electron chi connectivity index (χ3n) is 2.08. The first-order valence-corrected chi connectivity index (χ1v) is 4.69. The third-order valence-corrected chi connectivity index (χ3v) is 2.08. The second-order valence-corrected chi connectivity index (χ2v) is 3.25. The molecule has 0 aliphatic carbocycles. The molecular formula is C11H14FNO2. The molecule has 0 heterocycles. The predicted molar refractivity (Wildman–Crippen MR) is 54.7 cm³/mol. The summed E-state index contributed by atoms with van der Waals surface area (Å²) in [4.78, 5) is 11.0. The van der Waals surface area contributed by atoms with E-state index in [0.29, 0.717) is 6.54 Å². The van der Waals surface area contributed by atoms with Crippen LogP contribution >= 0.6 is 0 Å². The van der Waals surface area contributed by atoms with Gasteiger partial charge in [-0.05, 0) is 24.6 Å². The zero-order valence-corrected chi connectivity index (χ0v) is 8.79. The number of carbonyl (C=O) groups excluding carboxylic acids is 1. The highest BCUT2D eigenvalue weighted by molar-refractivity contribution is 5.75. The Morgan fingerprint density at radius 1 is 1.47 bits per heavy atom.